The Bertz CT molecular complexity index is 492. The maximum absolute atomic E-state index is 12.6. The maximum Gasteiger partial charge on any atom is 0.259 e. The molecule has 2 fully saturated rings. The number of rotatable bonds is 4. The second-order valence-electron chi connectivity index (χ2n) is 5.79. The van der Waals surface area contributed by atoms with E-state index in [0.717, 1.165) is 12.3 Å². The number of methoxy groups -OCH3 is 2. The van der Waals surface area contributed by atoms with E-state index >= 15 is 0 Å². The van der Waals surface area contributed by atoms with Crippen molar-refractivity contribution in [3.05, 3.63) is 23.8 Å². The number of hydrogen-bond acceptors (Lipinski definition) is 3. The van der Waals surface area contributed by atoms with Gasteiger partial charge in [0, 0.05) is 6.04 Å². The summed E-state index contributed by atoms with van der Waals surface area (Å²) in [5, 5.41) is 3.18. The van der Waals surface area contributed by atoms with Crippen LogP contribution in [0.4, 0.5) is 0 Å². The molecule has 2 bridgehead atoms. The molecule has 0 unspecified atom stereocenters. The van der Waals surface area contributed by atoms with Gasteiger partial charge in [0.25, 0.3) is 5.91 Å². The average molecular weight is 275 g/mol. The van der Waals surface area contributed by atoms with E-state index in [1.165, 1.54) is 19.3 Å². The molecule has 2 saturated carbocycles. The standard InChI is InChI=1S/C16H21NO3/c1-19-13-4-3-5-14(20-2)15(13)16(18)17-12-9-10-6-7-11(12)8-10/h3-5,10-12H,6-9H2,1-2H3,(H,17,18)/t10-,11-,12-/m1/s1. The van der Waals surface area contributed by atoms with Crippen molar-refractivity contribution >= 4 is 5.91 Å². The van der Waals surface area contributed by atoms with Crippen molar-refractivity contribution in [1.82, 2.24) is 5.32 Å². The van der Waals surface area contributed by atoms with Crippen molar-refractivity contribution in [3.63, 3.8) is 0 Å². The number of carbonyl (C=O) groups excluding carboxylic acids is 1. The van der Waals surface area contributed by atoms with E-state index in [2.05, 4.69) is 5.32 Å². The van der Waals surface area contributed by atoms with Gasteiger partial charge < -0.3 is 14.8 Å². The van der Waals surface area contributed by atoms with E-state index in [9.17, 15) is 4.79 Å². The number of fused-ring (bicyclic) bond motifs is 2. The lowest BCUT2D eigenvalue weighted by Gasteiger charge is -2.23. The first-order chi connectivity index (χ1) is 9.72. The van der Waals surface area contributed by atoms with Gasteiger partial charge in [-0.3, -0.25) is 4.79 Å². The van der Waals surface area contributed by atoms with Crippen LogP contribution in [0.25, 0.3) is 0 Å². The molecule has 108 valence electrons. The van der Waals surface area contributed by atoms with Gasteiger partial charge in [-0.2, -0.15) is 0 Å². The lowest BCUT2D eigenvalue weighted by Crippen LogP contribution is -2.38. The normalized spacial score (nSPS) is 27.4. The van der Waals surface area contributed by atoms with Crippen LogP contribution >= 0.6 is 0 Å². The van der Waals surface area contributed by atoms with Gasteiger partial charge in [-0.15, -0.1) is 0 Å². The molecule has 1 N–H and O–H groups in total. The maximum atomic E-state index is 12.6. The van der Waals surface area contributed by atoms with E-state index in [1.54, 1.807) is 26.4 Å². The summed E-state index contributed by atoms with van der Waals surface area (Å²) in [4.78, 5) is 12.6. The predicted molar refractivity (Wildman–Crippen MR) is 76.2 cm³/mol. The van der Waals surface area contributed by atoms with Gasteiger partial charge in [0.05, 0.1) is 14.2 Å². The zero-order chi connectivity index (χ0) is 14.1. The smallest absolute Gasteiger partial charge is 0.259 e. The summed E-state index contributed by atoms with van der Waals surface area (Å²) in [5.41, 5.74) is 0.500. The van der Waals surface area contributed by atoms with Crippen LogP contribution in [0.5, 0.6) is 11.5 Å². The number of amides is 1. The van der Waals surface area contributed by atoms with Crippen molar-refractivity contribution < 1.29 is 14.3 Å². The van der Waals surface area contributed by atoms with Crippen LogP contribution in [-0.2, 0) is 0 Å². The van der Waals surface area contributed by atoms with Gasteiger partial charge in [0.15, 0.2) is 0 Å². The Kier molecular flexibility index (Phi) is 3.55. The molecular formula is C16H21NO3. The summed E-state index contributed by atoms with van der Waals surface area (Å²) in [6, 6.07) is 5.72. The minimum absolute atomic E-state index is 0.0862. The summed E-state index contributed by atoms with van der Waals surface area (Å²) in [6.07, 6.45) is 4.97. The highest BCUT2D eigenvalue weighted by Crippen LogP contribution is 2.44. The van der Waals surface area contributed by atoms with Crippen LogP contribution in [-0.4, -0.2) is 26.2 Å². The Balaban J connectivity index is 1.80. The molecule has 20 heavy (non-hydrogen) atoms. The second-order valence-corrected chi connectivity index (χ2v) is 5.79. The lowest BCUT2D eigenvalue weighted by molar-refractivity contribution is 0.0916. The van der Waals surface area contributed by atoms with Crippen LogP contribution in [0.2, 0.25) is 0 Å². The predicted octanol–water partition coefficient (Wildman–Crippen LogP) is 2.62. The molecule has 1 aromatic carbocycles. The molecule has 3 atom stereocenters. The SMILES string of the molecule is COc1cccc(OC)c1C(=O)N[C@@H]1C[C@@H]2CC[C@@H]1C2. The highest BCUT2D eigenvalue weighted by atomic mass is 16.5. The Hall–Kier alpha value is -1.71. The first kappa shape index (κ1) is 13.3. The van der Waals surface area contributed by atoms with Crippen molar-refractivity contribution in [1.29, 1.82) is 0 Å². The summed E-state index contributed by atoms with van der Waals surface area (Å²) in [5.74, 6) is 2.50. The molecule has 0 aliphatic heterocycles. The molecule has 2 aliphatic carbocycles. The van der Waals surface area contributed by atoms with Crippen molar-refractivity contribution in [2.45, 2.75) is 31.7 Å². The fraction of sp³-hybridized carbons (Fsp3) is 0.562. The van der Waals surface area contributed by atoms with Crippen molar-refractivity contribution in [3.8, 4) is 11.5 Å². The fourth-order valence-electron chi connectivity index (χ4n) is 3.74. The summed E-state index contributed by atoms with van der Waals surface area (Å²) < 4.78 is 10.6. The van der Waals surface area contributed by atoms with Crippen LogP contribution in [0.1, 0.15) is 36.0 Å². The quantitative estimate of drug-likeness (QED) is 0.919. The molecule has 0 saturated heterocycles. The second kappa shape index (κ2) is 5.35. The minimum atomic E-state index is -0.0862. The van der Waals surface area contributed by atoms with E-state index < -0.39 is 0 Å². The Labute approximate surface area is 119 Å². The van der Waals surface area contributed by atoms with E-state index in [4.69, 9.17) is 9.47 Å². The molecule has 0 spiro atoms. The van der Waals surface area contributed by atoms with Gasteiger partial charge in [-0.25, -0.2) is 0 Å². The first-order valence-corrected chi connectivity index (χ1v) is 7.24. The third-order valence-electron chi connectivity index (χ3n) is 4.71. The van der Waals surface area contributed by atoms with Gasteiger partial charge >= 0.3 is 0 Å². The number of benzene rings is 1. The summed E-state index contributed by atoms with van der Waals surface area (Å²) >= 11 is 0. The highest BCUT2D eigenvalue weighted by molar-refractivity contribution is 5.99. The first-order valence-electron chi connectivity index (χ1n) is 7.24. The van der Waals surface area contributed by atoms with Crippen molar-refractivity contribution in [2.75, 3.05) is 14.2 Å². The van der Waals surface area contributed by atoms with E-state index in [-0.39, 0.29) is 5.91 Å². The largest absolute Gasteiger partial charge is 0.496 e. The van der Waals surface area contributed by atoms with E-state index in [0.29, 0.717) is 29.0 Å². The number of hydrogen-bond donors (Lipinski definition) is 1. The molecule has 1 amide bonds. The fourth-order valence-corrected chi connectivity index (χ4v) is 3.74. The van der Waals surface area contributed by atoms with Crippen LogP contribution in [0.15, 0.2) is 18.2 Å². The minimum Gasteiger partial charge on any atom is -0.496 e. The van der Waals surface area contributed by atoms with Gasteiger partial charge in [0.2, 0.25) is 0 Å². The molecule has 1 aromatic rings. The number of ether oxygens (including phenoxy) is 2. The van der Waals surface area contributed by atoms with Crippen LogP contribution < -0.4 is 14.8 Å². The molecule has 3 rings (SSSR count). The molecule has 0 heterocycles. The van der Waals surface area contributed by atoms with Gasteiger partial charge in [0.1, 0.15) is 17.1 Å². The highest BCUT2D eigenvalue weighted by Gasteiger charge is 2.40. The molecule has 0 aromatic heterocycles. The monoisotopic (exact) mass is 275 g/mol. The molecule has 4 nitrogen and oxygen atoms in total. The van der Waals surface area contributed by atoms with Gasteiger partial charge in [-0.05, 0) is 43.2 Å². The molecule has 0 radical (unpaired) electrons. The average Bonchev–Trinajstić information content (AvgIpc) is 3.08. The number of carbonyl (C=O) groups is 1. The number of nitrogens with one attached hydrogen (secondary N) is 1. The van der Waals surface area contributed by atoms with Crippen molar-refractivity contribution in [2.24, 2.45) is 11.8 Å². The molecule has 4 heteroatoms. The zero-order valence-corrected chi connectivity index (χ0v) is 12.0. The Morgan fingerprint density at radius 1 is 1.15 bits per heavy atom. The van der Waals surface area contributed by atoms with Crippen LogP contribution in [0, 0.1) is 11.8 Å². The van der Waals surface area contributed by atoms with Gasteiger partial charge in [-0.1, -0.05) is 12.5 Å². The van der Waals surface area contributed by atoms with Crippen LogP contribution in [0.3, 0.4) is 0 Å². The topological polar surface area (TPSA) is 47.6 Å². The summed E-state index contributed by atoms with van der Waals surface area (Å²) in [7, 11) is 3.15. The molecule has 2 aliphatic rings. The van der Waals surface area contributed by atoms with E-state index in [1.807, 2.05) is 6.07 Å². The lowest BCUT2D eigenvalue weighted by atomic mass is 9.95. The summed E-state index contributed by atoms with van der Waals surface area (Å²) in [6.45, 7) is 0. The third kappa shape index (κ3) is 2.23. The zero-order valence-electron chi connectivity index (χ0n) is 12.0. The third-order valence-corrected chi connectivity index (χ3v) is 4.71. The Morgan fingerprint density at radius 3 is 2.35 bits per heavy atom. The Morgan fingerprint density at radius 2 is 1.85 bits per heavy atom. The molecular weight excluding hydrogens is 254 g/mol.